The van der Waals surface area contributed by atoms with E-state index in [1.165, 1.54) is 6.20 Å². The molecule has 1 aromatic rings. The Balaban J connectivity index is 3.16. The van der Waals surface area contributed by atoms with Gasteiger partial charge in [-0.25, -0.2) is 0 Å². The second-order valence-electron chi connectivity index (χ2n) is 1.99. The summed E-state index contributed by atoms with van der Waals surface area (Å²) in [6.07, 6.45) is 1.36. The molecule has 11 heavy (non-hydrogen) atoms. The van der Waals surface area contributed by atoms with Crippen LogP contribution in [0.15, 0.2) is 6.20 Å². The fourth-order valence-electron chi connectivity index (χ4n) is 0.696. The Kier molecular flexibility index (Phi) is 1.59. The maximum Gasteiger partial charge on any atom is 0.141 e. The fourth-order valence-corrected chi connectivity index (χ4v) is 0.696. The molecule has 58 valence electrons. The van der Waals surface area contributed by atoms with Crippen molar-refractivity contribution in [2.45, 2.75) is 0 Å². The number of nitrogen functional groups attached to an aromatic ring is 2. The minimum atomic E-state index is -0.173. The Morgan fingerprint density at radius 3 is 2.36 bits per heavy atom. The summed E-state index contributed by atoms with van der Waals surface area (Å²) in [5.74, 6) is -0.323. The Labute approximate surface area is 62.6 Å². The summed E-state index contributed by atoms with van der Waals surface area (Å²) >= 11 is 0. The van der Waals surface area contributed by atoms with Crippen LogP contribution >= 0.6 is 0 Å². The van der Waals surface area contributed by atoms with E-state index < -0.39 is 0 Å². The van der Waals surface area contributed by atoms with Gasteiger partial charge in [-0.3, -0.25) is 15.9 Å². The SMILES string of the molecule is N=C(N)c1cn[nH]c1C(=N)N. The molecule has 0 spiro atoms. The van der Waals surface area contributed by atoms with Gasteiger partial charge in [-0.1, -0.05) is 0 Å². The summed E-state index contributed by atoms with van der Waals surface area (Å²) in [6.45, 7) is 0. The molecule has 0 amide bonds. The number of hydrogen-bond acceptors (Lipinski definition) is 3. The highest BCUT2D eigenvalue weighted by Gasteiger charge is 2.08. The minimum absolute atomic E-state index is 0.149. The number of aromatic nitrogens is 2. The Morgan fingerprint density at radius 1 is 1.36 bits per heavy atom. The molecule has 0 saturated heterocycles. The first-order valence-electron chi connectivity index (χ1n) is 2.85. The lowest BCUT2D eigenvalue weighted by atomic mass is 10.2. The first-order chi connectivity index (χ1) is 5.13. The zero-order valence-corrected chi connectivity index (χ0v) is 5.68. The van der Waals surface area contributed by atoms with E-state index in [0.29, 0.717) is 5.56 Å². The van der Waals surface area contributed by atoms with Gasteiger partial charge in [-0.2, -0.15) is 5.10 Å². The number of H-pyrrole nitrogens is 1. The maximum absolute atomic E-state index is 7.05. The second-order valence-corrected chi connectivity index (χ2v) is 1.99. The maximum atomic E-state index is 7.05. The van der Waals surface area contributed by atoms with E-state index in [1.807, 2.05) is 0 Å². The molecule has 1 aromatic heterocycles. The molecule has 0 aliphatic heterocycles. The van der Waals surface area contributed by atoms with Crippen LogP contribution in [0, 0.1) is 10.8 Å². The van der Waals surface area contributed by atoms with E-state index in [0.717, 1.165) is 0 Å². The van der Waals surface area contributed by atoms with Gasteiger partial charge in [0.05, 0.1) is 11.8 Å². The molecule has 0 atom stereocenters. The minimum Gasteiger partial charge on any atom is -0.384 e. The van der Waals surface area contributed by atoms with Crippen molar-refractivity contribution in [1.29, 1.82) is 10.8 Å². The van der Waals surface area contributed by atoms with Crippen LogP contribution in [0.5, 0.6) is 0 Å². The molecular formula is C5H8N6. The first kappa shape index (κ1) is 7.26. The first-order valence-corrected chi connectivity index (χ1v) is 2.85. The van der Waals surface area contributed by atoms with Crippen molar-refractivity contribution < 1.29 is 0 Å². The van der Waals surface area contributed by atoms with Crippen LogP contribution in [-0.4, -0.2) is 21.9 Å². The van der Waals surface area contributed by atoms with E-state index in [1.54, 1.807) is 0 Å². The molecule has 1 rings (SSSR count). The molecule has 7 N–H and O–H groups in total. The van der Waals surface area contributed by atoms with Crippen molar-refractivity contribution in [3.63, 3.8) is 0 Å². The van der Waals surface area contributed by atoms with Crippen LogP contribution in [0.1, 0.15) is 11.3 Å². The van der Waals surface area contributed by atoms with Crippen LogP contribution in [0.4, 0.5) is 0 Å². The largest absolute Gasteiger partial charge is 0.384 e. The summed E-state index contributed by atoms with van der Waals surface area (Å²) < 4.78 is 0. The summed E-state index contributed by atoms with van der Waals surface area (Å²) in [7, 11) is 0. The van der Waals surface area contributed by atoms with Gasteiger partial charge in [0.15, 0.2) is 0 Å². The van der Waals surface area contributed by atoms with Gasteiger partial charge in [0.25, 0.3) is 0 Å². The second kappa shape index (κ2) is 2.41. The van der Waals surface area contributed by atoms with E-state index in [4.69, 9.17) is 22.3 Å². The number of nitrogens with two attached hydrogens (primary N) is 2. The Morgan fingerprint density at radius 2 is 2.00 bits per heavy atom. The van der Waals surface area contributed by atoms with Crippen LogP contribution in [0.25, 0.3) is 0 Å². The number of aromatic amines is 1. The molecule has 0 aliphatic rings. The molecule has 1 heterocycles. The molecule has 0 saturated carbocycles. The lowest BCUT2D eigenvalue weighted by molar-refractivity contribution is 1.07. The average Bonchev–Trinajstić information content (AvgIpc) is 2.32. The summed E-state index contributed by atoms with van der Waals surface area (Å²) in [5.41, 5.74) is 11.0. The third-order valence-corrected chi connectivity index (χ3v) is 1.20. The Bertz CT molecular complexity index is 269. The third-order valence-electron chi connectivity index (χ3n) is 1.20. The van der Waals surface area contributed by atoms with Crippen molar-refractivity contribution in [1.82, 2.24) is 10.2 Å². The van der Waals surface area contributed by atoms with E-state index >= 15 is 0 Å². The van der Waals surface area contributed by atoms with Gasteiger partial charge in [0.2, 0.25) is 0 Å². The van der Waals surface area contributed by atoms with Crippen molar-refractivity contribution >= 4 is 11.7 Å². The number of nitrogens with zero attached hydrogens (tertiary/aromatic N) is 1. The van der Waals surface area contributed by atoms with Gasteiger partial charge in [0, 0.05) is 0 Å². The fraction of sp³-hybridized carbons (Fsp3) is 0. The van der Waals surface area contributed by atoms with E-state index in [9.17, 15) is 0 Å². The highest BCUT2D eigenvalue weighted by molar-refractivity contribution is 6.06. The van der Waals surface area contributed by atoms with Crippen molar-refractivity contribution in [3.05, 3.63) is 17.5 Å². The van der Waals surface area contributed by atoms with Crippen LogP contribution < -0.4 is 11.5 Å². The van der Waals surface area contributed by atoms with E-state index in [-0.39, 0.29) is 17.4 Å². The lowest BCUT2D eigenvalue weighted by Gasteiger charge is -1.96. The highest BCUT2D eigenvalue weighted by atomic mass is 15.1. The van der Waals surface area contributed by atoms with Gasteiger partial charge in [-0.15, -0.1) is 0 Å². The topological polar surface area (TPSA) is 128 Å². The van der Waals surface area contributed by atoms with Crippen molar-refractivity contribution in [3.8, 4) is 0 Å². The molecule has 6 nitrogen and oxygen atoms in total. The Hall–Kier alpha value is -1.85. The summed E-state index contributed by atoms with van der Waals surface area (Å²) in [5, 5.41) is 20.2. The highest BCUT2D eigenvalue weighted by Crippen LogP contribution is 2.00. The van der Waals surface area contributed by atoms with Crippen LogP contribution in [-0.2, 0) is 0 Å². The standard InChI is InChI=1S/C5H8N6/c6-4(7)2-1-10-11-3(2)5(8)9/h1H,(H3,6,7)(H3,8,9)(H,10,11). The predicted octanol–water partition coefficient (Wildman–Crippen LogP) is -1.02. The predicted molar refractivity (Wildman–Crippen MR) is 40.6 cm³/mol. The molecule has 0 radical (unpaired) electrons. The summed E-state index contributed by atoms with van der Waals surface area (Å²) in [6, 6.07) is 0. The van der Waals surface area contributed by atoms with Gasteiger partial charge < -0.3 is 11.5 Å². The molecule has 0 fully saturated rings. The smallest absolute Gasteiger partial charge is 0.141 e. The van der Waals surface area contributed by atoms with Crippen LogP contribution in [0.3, 0.4) is 0 Å². The molecule has 0 unspecified atom stereocenters. The van der Waals surface area contributed by atoms with E-state index in [2.05, 4.69) is 10.2 Å². The van der Waals surface area contributed by atoms with Crippen molar-refractivity contribution in [2.24, 2.45) is 11.5 Å². The average molecular weight is 152 g/mol. The molecule has 0 aliphatic carbocycles. The molecule has 0 aromatic carbocycles. The van der Waals surface area contributed by atoms with Gasteiger partial charge in [-0.05, 0) is 0 Å². The summed E-state index contributed by atoms with van der Waals surface area (Å²) in [4.78, 5) is 0. The normalized spacial score (nSPS) is 9.45. The molecule has 0 bridgehead atoms. The molecule has 6 heteroatoms. The number of hydrogen-bond donors (Lipinski definition) is 5. The monoisotopic (exact) mass is 152 g/mol. The quantitative estimate of drug-likeness (QED) is 0.274. The van der Waals surface area contributed by atoms with Gasteiger partial charge in [0.1, 0.15) is 17.4 Å². The van der Waals surface area contributed by atoms with Crippen molar-refractivity contribution in [2.75, 3.05) is 0 Å². The third kappa shape index (κ3) is 1.18. The van der Waals surface area contributed by atoms with Gasteiger partial charge >= 0.3 is 0 Å². The number of amidine groups is 2. The number of rotatable bonds is 2. The molecular weight excluding hydrogens is 144 g/mol. The van der Waals surface area contributed by atoms with Crippen LogP contribution in [0.2, 0.25) is 0 Å². The zero-order valence-electron chi connectivity index (χ0n) is 5.68. The number of nitrogens with one attached hydrogen (secondary N) is 3. The zero-order chi connectivity index (χ0) is 8.43. The lowest BCUT2D eigenvalue weighted by Crippen LogP contribution is -2.19.